The molecule has 0 aliphatic rings. The third-order valence-electron chi connectivity index (χ3n) is 3.16. The number of nitro groups is 2. The molecule has 25 heavy (non-hydrogen) atoms. The van der Waals surface area contributed by atoms with Gasteiger partial charge in [0.25, 0.3) is 5.69 Å². The Balaban J connectivity index is 2.20. The van der Waals surface area contributed by atoms with Gasteiger partial charge in [0.15, 0.2) is 0 Å². The van der Waals surface area contributed by atoms with Crippen LogP contribution in [0.25, 0.3) is 0 Å². The van der Waals surface area contributed by atoms with Gasteiger partial charge in [-0.3, -0.25) is 25.7 Å². The van der Waals surface area contributed by atoms with E-state index in [1.54, 1.807) is 12.1 Å². The number of anilines is 1. The highest BCUT2D eigenvalue weighted by atomic mass is 16.6. The molecule has 0 amide bonds. The summed E-state index contributed by atoms with van der Waals surface area (Å²) in [5, 5.41) is 25.8. The molecule has 0 radical (unpaired) electrons. The van der Waals surface area contributed by atoms with Crippen molar-refractivity contribution in [2.75, 3.05) is 12.0 Å². The van der Waals surface area contributed by atoms with E-state index in [0.29, 0.717) is 17.9 Å². The van der Waals surface area contributed by atoms with E-state index in [1.807, 2.05) is 19.1 Å². The van der Waals surface area contributed by atoms with Crippen molar-refractivity contribution in [2.45, 2.75) is 13.3 Å². The van der Waals surface area contributed by atoms with Gasteiger partial charge in [-0.1, -0.05) is 19.1 Å². The Bertz CT molecular complexity index is 807. The minimum absolute atomic E-state index is 0.0545. The lowest BCUT2D eigenvalue weighted by atomic mass is 10.2. The van der Waals surface area contributed by atoms with E-state index in [2.05, 4.69) is 10.5 Å². The lowest BCUT2D eigenvalue weighted by Crippen LogP contribution is -2.00. The van der Waals surface area contributed by atoms with Gasteiger partial charge in [-0.05, 0) is 24.6 Å². The number of nitrogens with zero attached hydrogens (tertiary/aromatic N) is 3. The van der Waals surface area contributed by atoms with Crippen LogP contribution in [0.15, 0.2) is 47.6 Å². The van der Waals surface area contributed by atoms with Crippen molar-refractivity contribution >= 4 is 23.3 Å². The highest BCUT2D eigenvalue weighted by Crippen LogP contribution is 2.29. The maximum atomic E-state index is 11.1. The van der Waals surface area contributed by atoms with Crippen LogP contribution in [-0.4, -0.2) is 22.7 Å². The molecule has 0 unspecified atom stereocenters. The molecule has 2 aromatic carbocycles. The molecule has 0 aromatic heterocycles. The van der Waals surface area contributed by atoms with E-state index < -0.39 is 15.5 Å². The van der Waals surface area contributed by atoms with Crippen LogP contribution in [0.2, 0.25) is 0 Å². The summed E-state index contributed by atoms with van der Waals surface area (Å²) in [4.78, 5) is 20.4. The number of nitro benzene ring substituents is 2. The van der Waals surface area contributed by atoms with Crippen molar-refractivity contribution < 1.29 is 14.6 Å². The predicted molar refractivity (Wildman–Crippen MR) is 93.2 cm³/mol. The molecular weight excluding hydrogens is 328 g/mol. The molecule has 0 aliphatic carbocycles. The number of hydrazone groups is 1. The topological polar surface area (TPSA) is 120 Å². The Morgan fingerprint density at radius 1 is 1.16 bits per heavy atom. The van der Waals surface area contributed by atoms with Gasteiger partial charge in [0, 0.05) is 11.6 Å². The smallest absolute Gasteiger partial charge is 0.301 e. The molecule has 0 bridgehead atoms. The highest BCUT2D eigenvalue weighted by molar-refractivity contribution is 5.84. The average molecular weight is 344 g/mol. The fourth-order valence-electron chi connectivity index (χ4n) is 1.98. The number of hydrogen-bond acceptors (Lipinski definition) is 7. The van der Waals surface area contributed by atoms with Crippen molar-refractivity contribution in [3.05, 3.63) is 68.3 Å². The number of benzene rings is 2. The van der Waals surface area contributed by atoms with E-state index in [1.165, 1.54) is 18.3 Å². The molecule has 0 fully saturated rings. The van der Waals surface area contributed by atoms with Crippen LogP contribution in [0.5, 0.6) is 5.75 Å². The Hall–Kier alpha value is -3.49. The third kappa shape index (κ3) is 4.74. The summed E-state index contributed by atoms with van der Waals surface area (Å²) in [6, 6.07) is 10.5. The Morgan fingerprint density at radius 2 is 1.92 bits per heavy atom. The lowest BCUT2D eigenvalue weighted by Gasteiger charge is -2.07. The molecular formula is C16H16N4O5. The summed E-state index contributed by atoms with van der Waals surface area (Å²) >= 11 is 0. The van der Waals surface area contributed by atoms with Crippen molar-refractivity contribution in [3.63, 3.8) is 0 Å². The van der Waals surface area contributed by atoms with Crippen LogP contribution in [0.3, 0.4) is 0 Å². The minimum Gasteiger partial charge on any atom is -0.493 e. The molecule has 9 nitrogen and oxygen atoms in total. The number of rotatable bonds is 8. The first-order valence-corrected chi connectivity index (χ1v) is 7.46. The standard InChI is InChI=1S/C16H16N4O5/c1-2-9-25-16-6-4-3-5-12(16)11-17-18-14-8-7-13(19(21)22)10-15(14)20(23)24/h3-8,10-11,18H,2,9H2,1H3/b17-11+. The molecule has 0 saturated heterocycles. The first-order chi connectivity index (χ1) is 12.0. The second-order valence-corrected chi connectivity index (χ2v) is 4.97. The number of ether oxygens (including phenoxy) is 1. The largest absolute Gasteiger partial charge is 0.493 e. The van der Waals surface area contributed by atoms with Crippen molar-refractivity contribution in [2.24, 2.45) is 5.10 Å². The molecule has 0 spiro atoms. The summed E-state index contributed by atoms with van der Waals surface area (Å²) < 4.78 is 5.59. The van der Waals surface area contributed by atoms with Crippen LogP contribution in [-0.2, 0) is 0 Å². The lowest BCUT2D eigenvalue weighted by molar-refractivity contribution is -0.393. The Labute approximate surface area is 143 Å². The zero-order valence-electron chi connectivity index (χ0n) is 13.4. The van der Waals surface area contributed by atoms with Gasteiger partial charge in [-0.25, -0.2) is 0 Å². The number of hydrogen-bond donors (Lipinski definition) is 1. The van der Waals surface area contributed by atoms with Gasteiger partial charge in [0.2, 0.25) is 0 Å². The van der Waals surface area contributed by atoms with Crippen LogP contribution < -0.4 is 10.2 Å². The molecule has 0 atom stereocenters. The van der Waals surface area contributed by atoms with Crippen LogP contribution in [0.1, 0.15) is 18.9 Å². The maximum absolute atomic E-state index is 11.1. The minimum atomic E-state index is -0.705. The predicted octanol–water partition coefficient (Wildman–Crippen LogP) is 3.74. The van der Waals surface area contributed by atoms with Crippen molar-refractivity contribution in [1.82, 2.24) is 0 Å². The summed E-state index contributed by atoms with van der Waals surface area (Å²) in [6.45, 7) is 2.55. The van der Waals surface area contributed by atoms with E-state index in [4.69, 9.17) is 4.74 Å². The molecule has 130 valence electrons. The van der Waals surface area contributed by atoms with E-state index >= 15 is 0 Å². The van der Waals surface area contributed by atoms with Crippen LogP contribution in [0.4, 0.5) is 17.1 Å². The van der Waals surface area contributed by atoms with E-state index in [0.717, 1.165) is 12.5 Å². The van der Waals surface area contributed by atoms with E-state index in [9.17, 15) is 20.2 Å². The molecule has 0 heterocycles. The zero-order valence-corrected chi connectivity index (χ0v) is 13.4. The third-order valence-corrected chi connectivity index (χ3v) is 3.16. The van der Waals surface area contributed by atoms with E-state index in [-0.39, 0.29) is 11.4 Å². The molecule has 0 aliphatic heterocycles. The van der Waals surface area contributed by atoms with Gasteiger partial charge >= 0.3 is 5.69 Å². The molecule has 0 saturated carbocycles. The summed E-state index contributed by atoms with van der Waals surface area (Å²) in [5.41, 5.74) is 2.51. The van der Waals surface area contributed by atoms with Gasteiger partial charge in [0.1, 0.15) is 11.4 Å². The second kappa shape index (κ2) is 8.39. The SMILES string of the molecule is CCCOc1ccccc1/C=N/Nc1ccc([N+](=O)[O-])cc1[N+](=O)[O-]. The molecule has 9 heteroatoms. The number of nitrogens with one attached hydrogen (secondary N) is 1. The summed E-state index contributed by atoms with van der Waals surface area (Å²) in [7, 11) is 0. The van der Waals surface area contributed by atoms with Crippen molar-refractivity contribution in [3.8, 4) is 5.75 Å². The molecule has 2 aromatic rings. The van der Waals surface area contributed by atoms with Gasteiger partial charge in [-0.2, -0.15) is 5.10 Å². The quantitative estimate of drug-likeness (QED) is 0.442. The fourth-order valence-corrected chi connectivity index (χ4v) is 1.98. The van der Waals surface area contributed by atoms with Crippen LogP contribution >= 0.6 is 0 Å². The molecule has 2 rings (SSSR count). The normalized spacial score (nSPS) is 10.6. The first-order valence-electron chi connectivity index (χ1n) is 7.46. The monoisotopic (exact) mass is 344 g/mol. The number of para-hydroxylation sites is 1. The zero-order chi connectivity index (χ0) is 18.2. The number of non-ortho nitro benzene ring substituents is 1. The second-order valence-electron chi connectivity index (χ2n) is 4.97. The summed E-state index contributed by atoms with van der Waals surface area (Å²) in [6.07, 6.45) is 2.33. The Morgan fingerprint density at radius 3 is 2.60 bits per heavy atom. The Kier molecular flexibility index (Phi) is 5.99. The first kappa shape index (κ1) is 17.9. The molecule has 1 N–H and O–H groups in total. The van der Waals surface area contributed by atoms with Gasteiger partial charge in [-0.15, -0.1) is 0 Å². The highest BCUT2D eigenvalue weighted by Gasteiger charge is 2.19. The van der Waals surface area contributed by atoms with Crippen molar-refractivity contribution in [1.29, 1.82) is 0 Å². The fraction of sp³-hybridized carbons (Fsp3) is 0.188. The maximum Gasteiger partial charge on any atom is 0.301 e. The summed E-state index contributed by atoms with van der Waals surface area (Å²) in [5.74, 6) is 0.646. The van der Waals surface area contributed by atoms with Gasteiger partial charge < -0.3 is 4.74 Å². The average Bonchev–Trinajstić information content (AvgIpc) is 2.60. The van der Waals surface area contributed by atoms with Crippen LogP contribution in [0, 0.1) is 20.2 Å². The van der Waals surface area contributed by atoms with Gasteiger partial charge in [0.05, 0.1) is 28.7 Å².